The number of carboxylic acid groups (broad SMARTS) is 1. The van der Waals surface area contributed by atoms with E-state index >= 15 is 0 Å². The SMILES string of the molecule is NS(=O)(=O)CCCn1c(=O)[nH]c2ccc(C(=O)O)cc21. The molecule has 2 rings (SSSR count). The molecule has 0 atom stereocenters. The molecule has 0 saturated carbocycles. The van der Waals surface area contributed by atoms with Crippen molar-refractivity contribution in [2.75, 3.05) is 5.75 Å². The van der Waals surface area contributed by atoms with Gasteiger partial charge in [-0.3, -0.25) is 4.57 Å². The van der Waals surface area contributed by atoms with Crippen molar-refractivity contribution < 1.29 is 18.3 Å². The van der Waals surface area contributed by atoms with Crippen LogP contribution >= 0.6 is 0 Å². The van der Waals surface area contributed by atoms with Crippen molar-refractivity contribution in [1.29, 1.82) is 0 Å². The van der Waals surface area contributed by atoms with Crippen LogP contribution in [0.3, 0.4) is 0 Å². The number of aryl methyl sites for hydroxylation is 1. The third-order valence-corrected chi connectivity index (χ3v) is 3.69. The number of benzene rings is 1. The van der Waals surface area contributed by atoms with Gasteiger partial charge >= 0.3 is 11.7 Å². The third-order valence-electron chi connectivity index (χ3n) is 2.83. The van der Waals surface area contributed by atoms with Crippen molar-refractivity contribution in [2.24, 2.45) is 5.14 Å². The van der Waals surface area contributed by atoms with E-state index in [0.29, 0.717) is 11.0 Å². The minimum atomic E-state index is -3.58. The summed E-state index contributed by atoms with van der Waals surface area (Å²) in [5, 5.41) is 13.8. The molecule has 4 N–H and O–H groups in total. The molecule has 0 saturated heterocycles. The normalized spacial score (nSPS) is 11.8. The standard InChI is InChI=1S/C11H13N3O5S/c12-20(18,19)5-1-4-14-9-6-7(10(15)16)2-3-8(9)13-11(14)17/h2-3,6H,1,4-5H2,(H,13,17)(H,15,16)(H2,12,18,19). The number of nitrogens with two attached hydrogens (primary N) is 1. The Balaban J connectivity index is 2.36. The number of aromatic nitrogens is 2. The minimum Gasteiger partial charge on any atom is -0.478 e. The molecule has 0 aliphatic carbocycles. The van der Waals surface area contributed by atoms with Gasteiger partial charge in [-0.2, -0.15) is 0 Å². The van der Waals surface area contributed by atoms with Gasteiger partial charge in [0, 0.05) is 6.54 Å². The Morgan fingerprint density at radius 2 is 2.10 bits per heavy atom. The second kappa shape index (κ2) is 5.10. The van der Waals surface area contributed by atoms with E-state index in [-0.39, 0.29) is 24.3 Å². The maximum absolute atomic E-state index is 11.8. The van der Waals surface area contributed by atoms with Gasteiger partial charge in [0.1, 0.15) is 0 Å². The van der Waals surface area contributed by atoms with Gasteiger partial charge in [-0.1, -0.05) is 0 Å². The minimum absolute atomic E-state index is 0.0525. The lowest BCUT2D eigenvalue weighted by Crippen LogP contribution is -2.21. The highest BCUT2D eigenvalue weighted by molar-refractivity contribution is 7.89. The highest BCUT2D eigenvalue weighted by Gasteiger charge is 2.11. The van der Waals surface area contributed by atoms with Crippen molar-refractivity contribution >= 4 is 27.0 Å². The molecule has 1 aromatic heterocycles. The van der Waals surface area contributed by atoms with E-state index in [9.17, 15) is 18.0 Å². The Morgan fingerprint density at radius 1 is 1.40 bits per heavy atom. The first kappa shape index (κ1) is 14.3. The Hall–Kier alpha value is -2.13. The first-order chi connectivity index (χ1) is 9.28. The Morgan fingerprint density at radius 3 is 2.70 bits per heavy atom. The predicted octanol–water partition coefficient (Wildman–Crippen LogP) is -0.294. The number of aromatic amines is 1. The average Bonchev–Trinajstić information content (AvgIpc) is 2.63. The molecule has 0 bridgehead atoms. The lowest BCUT2D eigenvalue weighted by molar-refractivity contribution is 0.0697. The van der Waals surface area contributed by atoms with Crippen LogP contribution in [0.15, 0.2) is 23.0 Å². The number of H-pyrrole nitrogens is 1. The van der Waals surface area contributed by atoms with Crippen molar-refractivity contribution in [1.82, 2.24) is 9.55 Å². The van der Waals surface area contributed by atoms with Crippen LogP contribution < -0.4 is 10.8 Å². The summed E-state index contributed by atoms with van der Waals surface area (Å²) >= 11 is 0. The zero-order valence-electron chi connectivity index (χ0n) is 10.4. The van der Waals surface area contributed by atoms with E-state index in [1.165, 1.54) is 22.8 Å². The van der Waals surface area contributed by atoms with Crippen LogP contribution in [0.4, 0.5) is 0 Å². The number of aromatic carboxylic acids is 1. The molecule has 0 spiro atoms. The van der Waals surface area contributed by atoms with Gasteiger partial charge < -0.3 is 10.1 Å². The summed E-state index contributed by atoms with van der Waals surface area (Å²) < 4.78 is 23.0. The largest absolute Gasteiger partial charge is 0.478 e. The van der Waals surface area contributed by atoms with Gasteiger partial charge in [0.15, 0.2) is 0 Å². The molecule has 0 fully saturated rings. The quantitative estimate of drug-likeness (QED) is 0.697. The lowest BCUT2D eigenvalue weighted by Gasteiger charge is -2.03. The Kier molecular flexibility index (Phi) is 3.64. The van der Waals surface area contributed by atoms with Crippen LogP contribution in [0.1, 0.15) is 16.8 Å². The molecule has 1 aromatic carbocycles. The predicted molar refractivity (Wildman–Crippen MR) is 72.1 cm³/mol. The van der Waals surface area contributed by atoms with E-state index in [1.807, 2.05) is 0 Å². The van der Waals surface area contributed by atoms with Crippen molar-refractivity contribution in [3.05, 3.63) is 34.2 Å². The van der Waals surface area contributed by atoms with Gasteiger partial charge in [-0.25, -0.2) is 23.1 Å². The number of nitrogens with one attached hydrogen (secondary N) is 1. The summed E-state index contributed by atoms with van der Waals surface area (Å²) in [7, 11) is -3.58. The summed E-state index contributed by atoms with van der Waals surface area (Å²) in [5.74, 6) is -1.35. The zero-order valence-corrected chi connectivity index (χ0v) is 11.2. The maximum atomic E-state index is 11.8. The van der Waals surface area contributed by atoms with Crippen molar-refractivity contribution in [2.45, 2.75) is 13.0 Å². The van der Waals surface area contributed by atoms with Crippen LogP contribution in [0.25, 0.3) is 11.0 Å². The highest BCUT2D eigenvalue weighted by atomic mass is 32.2. The fourth-order valence-electron chi connectivity index (χ4n) is 1.93. The summed E-state index contributed by atoms with van der Waals surface area (Å²) in [6.07, 6.45) is 0.170. The second-order valence-corrected chi connectivity index (χ2v) is 6.07. The molecule has 2 aromatic rings. The number of rotatable bonds is 5. The summed E-state index contributed by atoms with van der Waals surface area (Å²) in [4.78, 5) is 25.2. The van der Waals surface area contributed by atoms with Gasteiger partial charge in [0.05, 0.1) is 22.3 Å². The van der Waals surface area contributed by atoms with Crippen LogP contribution in [0.5, 0.6) is 0 Å². The molecule has 0 unspecified atom stereocenters. The molecule has 8 nitrogen and oxygen atoms in total. The third kappa shape index (κ3) is 3.06. The summed E-state index contributed by atoms with van der Waals surface area (Å²) in [5.41, 5.74) is 0.550. The Labute approximate surface area is 113 Å². The second-order valence-electron chi connectivity index (χ2n) is 4.34. The van der Waals surface area contributed by atoms with Crippen LogP contribution in [-0.4, -0.2) is 34.8 Å². The molecule has 108 valence electrons. The lowest BCUT2D eigenvalue weighted by atomic mass is 10.2. The number of carboxylic acids is 1. The van der Waals surface area contributed by atoms with E-state index in [1.54, 1.807) is 0 Å². The number of fused-ring (bicyclic) bond motifs is 1. The van der Waals surface area contributed by atoms with Gasteiger partial charge in [0.2, 0.25) is 10.0 Å². The molecule has 20 heavy (non-hydrogen) atoms. The molecule has 9 heteroatoms. The van der Waals surface area contributed by atoms with Crippen LogP contribution in [0.2, 0.25) is 0 Å². The van der Waals surface area contributed by atoms with E-state index in [4.69, 9.17) is 10.2 Å². The number of carbonyl (C=O) groups is 1. The van der Waals surface area contributed by atoms with Gasteiger partial charge in [-0.05, 0) is 24.6 Å². The highest BCUT2D eigenvalue weighted by Crippen LogP contribution is 2.13. The molecule has 0 amide bonds. The topological polar surface area (TPSA) is 135 Å². The van der Waals surface area contributed by atoms with Gasteiger partial charge in [0.25, 0.3) is 0 Å². The molecule has 0 aliphatic heterocycles. The number of nitrogens with zero attached hydrogens (tertiary/aromatic N) is 1. The molecule has 0 radical (unpaired) electrons. The fourth-order valence-corrected chi connectivity index (χ4v) is 2.46. The van der Waals surface area contributed by atoms with Crippen molar-refractivity contribution in [3.63, 3.8) is 0 Å². The fraction of sp³-hybridized carbons (Fsp3) is 0.273. The molecule has 0 aliphatic rings. The number of hydrogen-bond donors (Lipinski definition) is 3. The zero-order chi connectivity index (χ0) is 14.9. The van der Waals surface area contributed by atoms with E-state index in [2.05, 4.69) is 4.98 Å². The van der Waals surface area contributed by atoms with Gasteiger partial charge in [-0.15, -0.1) is 0 Å². The number of imidazole rings is 1. The monoisotopic (exact) mass is 299 g/mol. The smallest absolute Gasteiger partial charge is 0.335 e. The first-order valence-corrected chi connectivity index (χ1v) is 7.46. The number of primary sulfonamides is 1. The van der Waals surface area contributed by atoms with E-state index in [0.717, 1.165) is 0 Å². The average molecular weight is 299 g/mol. The summed E-state index contributed by atoms with van der Waals surface area (Å²) in [6.45, 7) is 0.137. The molecule has 1 heterocycles. The van der Waals surface area contributed by atoms with E-state index < -0.39 is 21.7 Å². The summed E-state index contributed by atoms with van der Waals surface area (Å²) in [6, 6.07) is 4.25. The number of hydrogen-bond acceptors (Lipinski definition) is 4. The maximum Gasteiger partial charge on any atom is 0.335 e. The molecular formula is C11H13N3O5S. The van der Waals surface area contributed by atoms with Crippen LogP contribution in [0, 0.1) is 0 Å². The molecular weight excluding hydrogens is 286 g/mol. The Bertz CT molecular complexity index is 818. The first-order valence-electron chi connectivity index (χ1n) is 5.74. The number of sulfonamides is 1. The van der Waals surface area contributed by atoms with Crippen molar-refractivity contribution in [3.8, 4) is 0 Å². The van der Waals surface area contributed by atoms with Crippen LogP contribution in [-0.2, 0) is 16.6 Å².